The fraction of sp³-hybridized carbons (Fsp3) is 0.455. The highest BCUT2D eigenvalue weighted by molar-refractivity contribution is 7.89. The van der Waals surface area contributed by atoms with Crippen molar-refractivity contribution in [1.82, 2.24) is 4.72 Å². The smallest absolute Gasteiger partial charge is 0.240 e. The van der Waals surface area contributed by atoms with E-state index in [2.05, 4.69) is 4.72 Å². The number of hydrogen-bond acceptors (Lipinski definition) is 3. The molecule has 1 rings (SSSR count). The molecule has 5 heteroatoms. The molecule has 0 aliphatic heterocycles. The van der Waals surface area contributed by atoms with Crippen molar-refractivity contribution >= 4 is 10.0 Å². The van der Waals surface area contributed by atoms with Crippen molar-refractivity contribution in [3.05, 3.63) is 29.3 Å². The van der Waals surface area contributed by atoms with Crippen LogP contribution in [-0.2, 0) is 14.8 Å². The Morgan fingerprint density at radius 2 is 2.00 bits per heavy atom. The Balaban J connectivity index is 2.93. The van der Waals surface area contributed by atoms with Gasteiger partial charge in [0.05, 0.1) is 11.5 Å². The minimum atomic E-state index is -3.42. The van der Waals surface area contributed by atoms with Crippen LogP contribution in [0.2, 0.25) is 0 Å². The lowest BCUT2D eigenvalue weighted by atomic mass is 10.2. The molecule has 4 nitrogen and oxygen atoms in total. The van der Waals surface area contributed by atoms with Crippen LogP contribution in [0.3, 0.4) is 0 Å². The zero-order valence-electron chi connectivity index (χ0n) is 9.78. The molecule has 90 valence electrons. The molecule has 1 aromatic carbocycles. The lowest BCUT2D eigenvalue weighted by Crippen LogP contribution is -2.27. The van der Waals surface area contributed by atoms with Crippen LogP contribution < -0.4 is 4.72 Å². The van der Waals surface area contributed by atoms with E-state index in [1.807, 2.05) is 13.0 Å². The predicted molar refractivity (Wildman–Crippen MR) is 63.0 cm³/mol. The zero-order chi connectivity index (χ0) is 12.2. The molecule has 0 amide bonds. The van der Waals surface area contributed by atoms with Crippen LogP contribution in [0.25, 0.3) is 0 Å². The number of methoxy groups -OCH3 is 1. The second-order valence-corrected chi connectivity index (χ2v) is 5.39. The fourth-order valence-corrected chi connectivity index (χ4v) is 2.69. The monoisotopic (exact) mass is 243 g/mol. The summed E-state index contributed by atoms with van der Waals surface area (Å²) < 4.78 is 31.1. The van der Waals surface area contributed by atoms with E-state index >= 15 is 0 Å². The van der Waals surface area contributed by atoms with Gasteiger partial charge in [-0.2, -0.15) is 0 Å². The molecule has 1 N–H and O–H groups in total. The average molecular weight is 243 g/mol. The summed E-state index contributed by atoms with van der Waals surface area (Å²) in [5.41, 5.74) is 1.67. The molecule has 0 radical (unpaired) electrons. The van der Waals surface area contributed by atoms with Crippen LogP contribution in [0, 0.1) is 13.8 Å². The molecule has 0 aliphatic carbocycles. The number of hydrogen-bond donors (Lipinski definition) is 1. The Morgan fingerprint density at radius 3 is 2.62 bits per heavy atom. The van der Waals surface area contributed by atoms with E-state index in [-0.39, 0.29) is 6.54 Å². The van der Waals surface area contributed by atoms with Crippen LogP contribution in [0.1, 0.15) is 11.1 Å². The first-order valence-electron chi connectivity index (χ1n) is 5.03. The number of ether oxygens (including phenoxy) is 1. The molecule has 0 atom stereocenters. The maximum absolute atomic E-state index is 11.9. The summed E-state index contributed by atoms with van der Waals surface area (Å²) in [6, 6.07) is 5.37. The summed E-state index contributed by atoms with van der Waals surface area (Å²) in [5, 5.41) is 0. The van der Waals surface area contributed by atoms with Crippen molar-refractivity contribution in [3.8, 4) is 0 Å². The molecule has 0 fully saturated rings. The van der Waals surface area contributed by atoms with Crippen molar-refractivity contribution in [2.75, 3.05) is 20.3 Å². The molecule has 0 unspecified atom stereocenters. The van der Waals surface area contributed by atoms with E-state index in [0.717, 1.165) is 11.1 Å². The summed E-state index contributed by atoms with van der Waals surface area (Å²) >= 11 is 0. The quantitative estimate of drug-likeness (QED) is 0.791. The number of sulfonamides is 1. The number of aryl methyl sites for hydroxylation is 2. The van der Waals surface area contributed by atoms with Gasteiger partial charge in [-0.3, -0.25) is 0 Å². The first kappa shape index (κ1) is 13.2. The molecule has 0 heterocycles. The molecule has 1 aromatic rings. The van der Waals surface area contributed by atoms with E-state index in [0.29, 0.717) is 11.5 Å². The van der Waals surface area contributed by atoms with E-state index in [4.69, 9.17) is 4.74 Å². The molecule has 0 saturated carbocycles. The minimum Gasteiger partial charge on any atom is -0.383 e. The highest BCUT2D eigenvalue weighted by Crippen LogP contribution is 2.16. The number of rotatable bonds is 5. The third kappa shape index (κ3) is 3.30. The van der Waals surface area contributed by atoms with Crippen molar-refractivity contribution in [2.24, 2.45) is 0 Å². The van der Waals surface area contributed by atoms with Gasteiger partial charge in [0, 0.05) is 13.7 Å². The van der Waals surface area contributed by atoms with Gasteiger partial charge in [-0.15, -0.1) is 0 Å². The second-order valence-electron chi connectivity index (χ2n) is 3.66. The Kier molecular flexibility index (Phi) is 4.46. The van der Waals surface area contributed by atoms with E-state index in [1.165, 1.54) is 7.11 Å². The molecule has 0 spiro atoms. The van der Waals surface area contributed by atoms with Gasteiger partial charge in [0.25, 0.3) is 0 Å². The molecular formula is C11H17NO3S. The fourth-order valence-electron chi connectivity index (χ4n) is 1.35. The van der Waals surface area contributed by atoms with Crippen LogP contribution in [-0.4, -0.2) is 28.7 Å². The summed E-state index contributed by atoms with van der Waals surface area (Å²) in [5.74, 6) is 0. The summed E-state index contributed by atoms with van der Waals surface area (Å²) in [6.45, 7) is 4.30. The van der Waals surface area contributed by atoms with Gasteiger partial charge >= 0.3 is 0 Å². The van der Waals surface area contributed by atoms with Gasteiger partial charge in [-0.1, -0.05) is 12.1 Å². The second kappa shape index (κ2) is 5.43. The standard InChI is InChI=1S/C11H17NO3S/c1-9-4-5-10(2)11(8-9)16(13,14)12-6-7-15-3/h4-5,8,12H,6-7H2,1-3H3. The number of nitrogens with one attached hydrogen (secondary N) is 1. The van der Waals surface area contributed by atoms with Crippen molar-refractivity contribution in [2.45, 2.75) is 18.7 Å². The Hall–Kier alpha value is -0.910. The van der Waals surface area contributed by atoms with Crippen molar-refractivity contribution in [3.63, 3.8) is 0 Å². The van der Waals surface area contributed by atoms with Gasteiger partial charge < -0.3 is 4.74 Å². The van der Waals surface area contributed by atoms with E-state index in [1.54, 1.807) is 19.1 Å². The predicted octanol–water partition coefficient (Wildman–Crippen LogP) is 1.23. The van der Waals surface area contributed by atoms with Crippen molar-refractivity contribution < 1.29 is 13.2 Å². The first-order valence-corrected chi connectivity index (χ1v) is 6.51. The molecule has 0 bridgehead atoms. The minimum absolute atomic E-state index is 0.284. The van der Waals surface area contributed by atoms with Crippen molar-refractivity contribution in [1.29, 1.82) is 0 Å². The normalized spacial score (nSPS) is 11.7. The van der Waals surface area contributed by atoms with Gasteiger partial charge in [0.1, 0.15) is 0 Å². The molecule has 16 heavy (non-hydrogen) atoms. The van der Waals surface area contributed by atoms with Gasteiger partial charge in [0.2, 0.25) is 10.0 Å². The maximum atomic E-state index is 11.9. The third-order valence-corrected chi connectivity index (χ3v) is 3.83. The average Bonchev–Trinajstić information content (AvgIpc) is 2.22. The maximum Gasteiger partial charge on any atom is 0.240 e. The molecular weight excluding hydrogens is 226 g/mol. The topological polar surface area (TPSA) is 55.4 Å². The SMILES string of the molecule is COCCNS(=O)(=O)c1cc(C)ccc1C. The number of benzene rings is 1. The largest absolute Gasteiger partial charge is 0.383 e. The summed E-state index contributed by atoms with van der Waals surface area (Å²) in [6.07, 6.45) is 0. The van der Waals surface area contributed by atoms with E-state index < -0.39 is 10.0 Å². The molecule has 0 aromatic heterocycles. The summed E-state index contributed by atoms with van der Waals surface area (Å²) in [7, 11) is -1.88. The van der Waals surface area contributed by atoms with Gasteiger partial charge in [-0.05, 0) is 31.0 Å². The first-order chi connectivity index (χ1) is 7.47. The third-order valence-electron chi connectivity index (χ3n) is 2.23. The summed E-state index contributed by atoms with van der Waals surface area (Å²) in [4.78, 5) is 0.337. The Labute approximate surface area is 96.7 Å². The lowest BCUT2D eigenvalue weighted by molar-refractivity contribution is 0.204. The van der Waals surface area contributed by atoms with E-state index in [9.17, 15) is 8.42 Å². The van der Waals surface area contributed by atoms with Gasteiger partial charge in [-0.25, -0.2) is 13.1 Å². The Morgan fingerprint density at radius 1 is 1.31 bits per heavy atom. The van der Waals surface area contributed by atoms with Crippen LogP contribution in [0.4, 0.5) is 0 Å². The highest BCUT2D eigenvalue weighted by Gasteiger charge is 2.15. The molecule has 0 aliphatic rings. The lowest BCUT2D eigenvalue weighted by Gasteiger charge is -2.09. The Bertz CT molecular complexity index is 454. The van der Waals surface area contributed by atoms with Crippen LogP contribution in [0.5, 0.6) is 0 Å². The highest BCUT2D eigenvalue weighted by atomic mass is 32.2. The molecule has 0 saturated heterocycles. The van der Waals surface area contributed by atoms with Gasteiger partial charge in [0.15, 0.2) is 0 Å². The zero-order valence-corrected chi connectivity index (χ0v) is 10.6. The van der Waals surface area contributed by atoms with Crippen LogP contribution in [0.15, 0.2) is 23.1 Å². The van der Waals surface area contributed by atoms with Crippen LogP contribution >= 0.6 is 0 Å².